The number of carbonyl (C=O) groups is 2. The number of fused-ring (bicyclic) bond motifs is 1. The van der Waals surface area contributed by atoms with Crippen LogP contribution in [0.25, 0.3) is 10.8 Å². The molecule has 0 aliphatic carbocycles. The van der Waals surface area contributed by atoms with Crippen molar-refractivity contribution in [3.63, 3.8) is 0 Å². The lowest BCUT2D eigenvalue weighted by Crippen LogP contribution is -2.37. The molecule has 120 valence electrons. The molecule has 24 heavy (non-hydrogen) atoms. The molecule has 7 heteroatoms. The molecule has 0 spiro atoms. The molecular formula is C17H13N3O4. The number of carbonyl (C=O) groups excluding carboxylic acids is 1. The van der Waals surface area contributed by atoms with Gasteiger partial charge in [0.25, 0.3) is 5.56 Å². The van der Waals surface area contributed by atoms with Crippen LogP contribution in [0.15, 0.2) is 59.4 Å². The van der Waals surface area contributed by atoms with Crippen LogP contribution in [0.5, 0.6) is 0 Å². The lowest BCUT2D eigenvalue weighted by Gasteiger charge is -2.17. The Balaban J connectivity index is 2.36. The highest BCUT2D eigenvalue weighted by molar-refractivity contribution is 6.01. The maximum Gasteiger partial charge on any atom is 0.357 e. The van der Waals surface area contributed by atoms with Gasteiger partial charge in [-0.2, -0.15) is 5.10 Å². The molecule has 0 aliphatic rings. The van der Waals surface area contributed by atoms with Gasteiger partial charge in [0.05, 0.1) is 5.39 Å². The quantitative estimate of drug-likeness (QED) is 0.748. The van der Waals surface area contributed by atoms with E-state index in [4.69, 9.17) is 5.73 Å². The molecule has 2 aromatic carbocycles. The number of amides is 1. The Morgan fingerprint density at radius 2 is 1.58 bits per heavy atom. The maximum atomic E-state index is 12.7. The van der Waals surface area contributed by atoms with Gasteiger partial charge >= 0.3 is 5.97 Å². The lowest BCUT2D eigenvalue weighted by molar-refractivity contribution is -0.120. The van der Waals surface area contributed by atoms with E-state index in [1.165, 1.54) is 12.1 Å². The third-order valence-electron chi connectivity index (χ3n) is 3.66. The van der Waals surface area contributed by atoms with Gasteiger partial charge < -0.3 is 10.8 Å². The van der Waals surface area contributed by atoms with Gasteiger partial charge in [0.2, 0.25) is 5.91 Å². The van der Waals surface area contributed by atoms with Gasteiger partial charge in [-0.15, -0.1) is 0 Å². The smallest absolute Gasteiger partial charge is 0.357 e. The van der Waals surface area contributed by atoms with E-state index >= 15 is 0 Å². The number of carboxylic acid groups (broad SMARTS) is 1. The average Bonchev–Trinajstić information content (AvgIpc) is 2.57. The predicted octanol–water partition coefficient (Wildman–Crippen LogP) is 1.17. The van der Waals surface area contributed by atoms with Gasteiger partial charge in [-0.3, -0.25) is 9.59 Å². The molecule has 0 aliphatic heterocycles. The molecule has 1 amide bonds. The minimum Gasteiger partial charge on any atom is -0.476 e. The van der Waals surface area contributed by atoms with Gasteiger partial charge in [0.1, 0.15) is 0 Å². The average molecular weight is 323 g/mol. The van der Waals surface area contributed by atoms with Crippen molar-refractivity contribution in [2.45, 2.75) is 6.04 Å². The van der Waals surface area contributed by atoms with Crippen LogP contribution < -0.4 is 11.3 Å². The standard InChI is InChI=1S/C17H13N3O4/c18-15(21)14(10-6-2-1-3-7-10)20-16(22)12-9-5-4-8-11(12)13(19-20)17(23)24/h1-9,14H,(H2,18,21)(H,23,24). The van der Waals surface area contributed by atoms with Gasteiger partial charge in [-0.05, 0) is 11.6 Å². The normalized spacial score (nSPS) is 12.0. The Hall–Kier alpha value is -3.48. The molecule has 0 fully saturated rings. The number of carboxylic acids is 1. The van der Waals surface area contributed by atoms with Crippen LogP contribution in [0.2, 0.25) is 0 Å². The van der Waals surface area contributed by atoms with Crippen LogP contribution in [0.1, 0.15) is 22.1 Å². The zero-order valence-electron chi connectivity index (χ0n) is 12.4. The number of hydrogen-bond donors (Lipinski definition) is 2. The first-order chi connectivity index (χ1) is 11.5. The van der Waals surface area contributed by atoms with Crippen molar-refractivity contribution in [1.82, 2.24) is 9.78 Å². The molecule has 3 N–H and O–H groups in total. The highest BCUT2D eigenvalue weighted by atomic mass is 16.4. The molecule has 1 heterocycles. The van der Waals surface area contributed by atoms with Crippen molar-refractivity contribution >= 4 is 22.6 Å². The zero-order chi connectivity index (χ0) is 17.3. The summed E-state index contributed by atoms with van der Waals surface area (Å²) in [4.78, 5) is 36.2. The van der Waals surface area contributed by atoms with Crippen LogP contribution in [-0.2, 0) is 4.79 Å². The number of hydrogen-bond acceptors (Lipinski definition) is 4. The van der Waals surface area contributed by atoms with Crippen molar-refractivity contribution in [2.75, 3.05) is 0 Å². The maximum absolute atomic E-state index is 12.7. The Morgan fingerprint density at radius 1 is 1.00 bits per heavy atom. The fourth-order valence-corrected chi connectivity index (χ4v) is 2.60. The minimum atomic E-state index is -1.30. The summed E-state index contributed by atoms with van der Waals surface area (Å²) in [6.45, 7) is 0. The van der Waals surface area contributed by atoms with Gasteiger partial charge in [-0.1, -0.05) is 48.5 Å². The second kappa shape index (κ2) is 5.96. The molecular weight excluding hydrogens is 310 g/mol. The van der Waals surface area contributed by atoms with Crippen LogP contribution >= 0.6 is 0 Å². The molecule has 1 aromatic heterocycles. The second-order valence-corrected chi connectivity index (χ2v) is 5.16. The summed E-state index contributed by atoms with van der Waals surface area (Å²) < 4.78 is 0.837. The third kappa shape index (κ3) is 2.52. The molecule has 0 radical (unpaired) electrons. The first-order valence-corrected chi connectivity index (χ1v) is 7.10. The van der Waals surface area contributed by atoms with Crippen molar-refractivity contribution < 1.29 is 14.7 Å². The van der Waals surface area contributed by atoms with Gasteiger partial charge in [0.15, 0.2) is 11.7 Å². The summed E-state index contributed by atoms with van der Waals surface area (Å²) in [6.07, 6.45) is 0. The van der Waals surface area contributed by atoms with Crippen molar-refractivity contribution in [3.05, 3.63) is 76.2 Å². The molecule has 0 bridgehead atoms. The summed E-state index contributed by atoms with van der Waals surface area (Å²) in [5.41, 5.74) is 5.01. The third-order valence-corrected chi connectivity index (χ3v) is 3.66. The van der Waals surface area contributed by atoms with E-state index in [0.29, 0.717) is 5.56 Å². The summed E-state index contributed by atoms with van der Waals surface area (Å²) in [5.74, 6) is -2.10. The molecule has 1 atom stereocenters. The van der Waals surface area contributed by atoms with Crippen molar-refractivity contribution in [2.24, 2.45) is 5.73 Å². The number of aromatic carboxylic acids is 1. The van der Waals surface area contributed by atoms with Gasteiger partial charge in [0, 0.05) is 5.39 Å². The minimum absolute atomic E-state index is 0.159. The molecule has 7 nitrogen and oxygen atoms in total. The fraction of sp³-hybridized carbons (Fsp3) is 0.0588. The van der Waals surface area contributed by atoms with Gasteiger partial charge in [-0.25, -0.2) is 9.48 Å². The van der Waals surface area contributed by atoms with Crippen molar-refractivity contribution in [1.29, 1.82) is 0 Å². The summed E-state index contributed by atoms with van der Waals surface area (Å²) >= 11 is 0. The Morgan fingerprint density at radius 3 is 2.17 bits per heavy atom. The number of aromatic nitrogens is 2. The molecule has 3 rings (SSSR count). The van der Waals surface area contributed by atoms with Crippen LogP contribution in [0.3, 0.4) is 0 Å². The number of rotatable bonds is 4. The Labute approximate surface area is 136 Å². The Bertz CT molecular complexity index is 996. The zero-order valence-corrected chi connectivity index (χ0v) is 12.4. The van der Waals surface area contributed by atoms with E-state index in [2.05, 4.69) is 5.10 Å². The number of nitrogens with two attached hydrogens (primary N) is 1. The number of benzene rings is 2. The molecule has 1 unspecified atom stereocenters. The SMILES string of the molecule is NC(=O)C(c1ccccc1)n1nc(C(=O)O)c2ccccc2c1=O. The van der Waals surface area contributed by atoms with E-state index in [1.54, 1.807) is 42.5 Å². The Kier molecular flexibility index (Phi) is 3.83. The predicted molar refractivity (Wildman–Crippen MR) is 86.7 cm³/mol. The summed E-state index contributed by atoms with van der Waals surface area (Å²) in [7, 11) is 0. The topological polar surface area (TPSA) is 115 Å². The highest BCUT2D eigenvalue weighted by Crippen LogP contribution is 2.19. The van der Waals surface area contributed by atoms with Crippen LogP contribution in [0, 0.1) is 0 Å². The summed E-state index contributed by atoms with van der Waals surface area (Å²) in [6, 6.07) is 13.4. The first-order valence-electron chi connectivity index (χ1n) is 7.10. The largest absolute Gasteiger partial charge is 0.476 e. The van der Waals surface area contributed by atoms with Crippen LogP contribution in [0.4, 0.5) is 0 Å². The fourth-order valence-electron chi connectivity index (χ4n) is 2.60. The van der Waals surface area contributed by atoms with E-state index in [9.17, 15) is 19.5 Å². The van der Waals surface area contributed by atoms with Crippen molar-refractivity contribution in [3.8, 4) is 0 Å². The highest BCUT2D eigenvalue weighted by Gasteiger charge is 2.25. The van der Waals surface area contributed by atoms with E-state index < -0.39 is 23.5 Å². The molecule has 0 saturated heterocycles. The monoisotopic (exact) mass is 323 g/mol. The number of primary amides is 1. The van der Waals surface area contributed by atoms with E-state index in [0.717, 1.165) is 4.68 Å². The lowest BCUT2D eigenvalue weighted by atomic mass is 10.1. The molecule has 0 saturated carbocycles. The van der Waals surface area contributed by atoms with E-state index in [-0.39, 0.29) is 16.5 Å². The summed E-state index contributed by atoms with van der Waals surface area (Å²) in [5, 5.41) is 13.7. The second-order valence-electron chi connectivity index (χ2n) is 5.16. The van der Waals surface area contributed by atoms with E-state index in [1.807, 2.05) is 0 Å². The number of nitrogens with zero attached hydrogens (tertiary/aromatic N) is 2. The first kappa shape index (κ1) is 15.4. The van der Waals surface area contributed by atoms with Crippen LogP contribution in [-0.4, -0.2) is 26.8 Å². The molecule has 3 aromatic rings.